The van der Waals surface area contributed by atoms with Gasteiger partial charge in [-0.3, -0.25) is 4.79 Å². The molecular weight excluding hydrogens is 226 g/mol. The van der Waals surface area contributed by atoms with Crippen molar-refractivity contribution in [2.75, 3.05) is 19.6 Å². The van der Waals surface area contributed by atoms with Crippen LogP contribution in [0.4, 0.5) is 0 Å². The average molecular weight is 253 g/mol. The molecule has 1 aliphatic carbocycles. The summed E-state index contributed by atoms with van der Waals surface area (Å²) in [5.74, 6) is 0.213. The largest absolute Gasteiger partial charge is 0.353 e. The SMILES string of the molecule is CC(C)N1CCC(NCCC(=O)NC2CC2)CC1. The van der Waals surface area contributed by atoms with Crippen LogP contribution in [0.1, 0.15) is 46.0 Å². The van der Waals surface area contributed by atoms with Gasteiger partial charge in [-0.1, -0.05) is 0 Å². The Morgan fingerprint density at radius 2 is 1.83 bits per heavy atom. The van der Waals surface area contributed by atoms with E-state index in [1.165, 1.54) is 38.8 Å². The summed E-state index contributed by atoms with van der Waals surface area (Å²) in [5.41, 5.74) is 0. The minimum atomic E-state index is 0.213. The Morgan fingerprint density at radius 3 is 2.39 bits per heavy atom. The van der Waals surface area contributed by atoms with E-state index >= 15 is 0 Å². The summed E-state index contributed by atoms with van der Waals surface area (Å²) in [7, 11) is 0. The van der Waals surface area contributed by atoms with Gasteiger partial charge in [0.15, 0.2) is 0 Å². The van der Waals surface area contributed by atoms with Crippen molar-refractivity contribution in [2.24, 2.45) is 0 Å². The topological polar surface area (TPSA) is 44.4 Å². The van der Waals surface area contributed by atoms with Gasteiger partial charge in [0.25, 0.3) is 0 Å². The van der Waals surface area contributed by atoms with E-state index in [-0.39, 0.29) is 5.91 Å². The number of likely N-dealkylation sites (tertiary alicyclic amines) is 1. The van der Waals surface area contributed by atoms with Crippen molar-refractivity contribution in [1.29, 1.82) is 0 Å². The minimum Gasteiger partial charge on any atom is -0.353 e. The molecule has 0 spiro atoms. The van der Waals surface area contributed by atoms with Gasteiger partial charge in [0.05, 0.1) is 0 Å². The van der Waals surface area contributed by atoms with Crippen LogP contribution >= 0.6 is 0 Å². The zero-order valence-corrected chi connectivity index (χ0v) is 11.7. The summed E-state index contributed by atoms with van der Waals surface area (Å²) in [4.78, 5) is 14.0. The Bertz CT molecular complexity index is 268. The molecule has 0 aromatic heterocycles. The van der Waals surface area contributed by atoms with Crippen LogP contribution in [0.2, 0.25) is 0 Å². The third kappa shape index (κ3) is 4.58. The van der Waals surface area contributed by atoms with Gasteiger partial charge in [0.1, 0.15) is 0 Å². The highest BCUT2D eigenvalue weighted by molar-refractivity contribution is 5.76. The molecule has 2 fully saturated rings. The third-order valence-electron chi connectivity index (χ3n) is 3.99. The number of carbonyl (C=O) groups is 1. The standard InChI is InChI=1S/C14H27N3O/c1-11(2)17-9-6-12(7-10-17)15-8-5-14(18)16-13-3-4-13/h11-13,15H,3-10H2,1-2H3,(H,16,18). The molecule has 1 saturated heterocycles. The lowest BCUT2D eigenvalue weighted by Crippen LogP contribution is -2.45. The summed E-state index contributed by atoms with van der Waals surface area (Å²) >= 11 is 0. The zero-order valence-electron chi connectivity index (χ0n) is 11.7. The lowest BCUT2D eigenvalue weighted by molar-refractivity contribution is -0.121. The molecule has 0 radical (unpaired) electrons. The number of nitrogens with zero attached hydrogens (tertiary/aromatic N) is 1. The number of amides is 1. The Balaban J connectivity index is 1.53. The Hall–Kier alpha value is -0.610. The maximum absolute atomic E-state index is 11.5. The fraction of sp³-hybridized carbons (Fsp3) is 0.929. The van der Waals surface area contributed by atoms with Gasteiger partial charge >= 0.3 is 0 Å². The molecule has 0 bridgehead atoms. The van der Waals surface area contributed by atoms with Crippen LogP contribution < -0.4 is 10.6 Å². The molecule has 104 valence electrons. The van der Waals surface area contributed by atoms with E-state index in [9.17, 15) is 4.79 Å². The first kappa shape index (κ1) is 13.8. The van der Waals surface area contributed by atoms with Crippen molar-refractivity contribution in [3.63, 3.8) is 0 Å². The molecule has 2 aliphatic rings. The van der Waals surface area contributed by atoms with Crippen molar-refractivity contribution in [3.05, 3.63) is 0 Å². The summed E-state index contributed by atoms with van der Waals surface area (Å²) in [6.07, 6.45) is 5.39. The van der Waals surface area contributed by atoms with E-state index in [1.54, 1.807) is 0 Å². The number of nitrogens with one attached hydrogen (secondary N) is 2. The molecule has 0 aromatic carbocycles. The van der Waals surface area contributed by atoms with E-state index in [0.717, 1.165) is 6.54 Å². The second-order valence-corrected chi connectivity index (χ2v) is 5.95. The Labute approximate surface area is 110 Å². The normalized spacial score (nSPS) is 22.4. The maximum atomic E-state index is 11.5. The van der Waals surface area contributed by atoms with Crippen molar-refractivity contribution >= 4 is 5.91 Å². The molecule has 2 rings (SSSR count). The van der Waals surface area contributed by atoms with Gasteiger partial charge < -0.3 is 15.5 Å². The van der Waals surface area contributed by atoms with Crippen LogP contribution in [0.25, 0.3) is 0 Å². The molecular formula is C14H27N3O. The average Bonchev–Trinajstić information content (AvgIpc) is 3.13. The Morgan fingerprint density at radius 1 is 1.17 bits per heavy atom. The number of hydrogen-bond acceptors (Lipinski definition) is 3. The molecule has 0 atom stereocenters. The van der Waals surface area contributed by atoms with Gasteiger partial charge in [0.2, 0.25) is 5.91 Å². The second-order valence-electron chi connectivity index (χ2n) is 5.95. The summed E-state index contributed by atoms with van der Waals surface area (Å²) in [5, 5.41) is 6.54. The number of piperidine rings is 1. The molecule has 18 heavy (non-hydrogen) atoms. The molecule has 1 heterocycles. The van der Waals surface area contributed by atoms with Crippen LogP contribution in [-0.2, 0) is 4.79 Å². The zero-order chi connectivity index (χ0) is 13.0. The first-order valence-corrected chi connectivity index (χ1v) is 7.42. The van der Waals surface area contributed by atoms with E-state index in [1.807, 2.05) is 0 Å². The van der Waals surface area contributed by atoms with E-state index < -0.39 is 0 Å². The van der Waals surface area contributed by atoms with Crippen molar-refractivity contribution in [3.8, 4) is 0 Å². The van der Waals surface area contributed by atoms with Gasteiger partial charge in [0, 0.05) is 31.1 Å². The van der Waals surface area contributed by atoms with E-state index in [0.29, 0.717) is 24.5 Å². The van der Waals surface area contributed by atoms with Gasteiger partial charge in [-0.15, -0.1) is 0 Å². The molecule has 1 aliphatic heterocycles. The molecule has 0 aromatic rings. The number of rotatable bonds is 6. The van der Waals surface area contributed by atoms with Crippen LogP contribution in [-0.4, -0.2) is 48.6 Å². The second kappa shape index (κ2) is 6.53. The molecule has 4 heteroatoms. The molecule has 4 nitrogen and oxygen atoms in total. The molecule has 0 unspecified atom stereocenters. The summed E-state index contributed by atoms with van der Waals surface area (Å²) in [6.45, 7) is 7.71. The summed E-state index contributed by atoms with van der Waals surface area (Å²) < 4.78 is 0. The van der Waals surface area contributed by atoms with Crippen LogP contribution in [0, 0.1) is 0 Å². The predicted octanol–water partition coefficient (Wildman–Crippen LogP) is 1.12. The first-order valence-electron chi connectivity index (χ1n) is 7.42. The molecule has 1 saturated carbocycles. The van der Waals surface area contributed by atoms with Crippen LogP contribution in [0.3, 0.4) is 0 Å². The first-order chi connectivity index (χ1) is 8.65. The van der Waals surface area contributed by atoms with Crippen molar-refractivity contribution in [2.45, 2.75) is 64.1 Å². The van der Waals surface area contributed by atoms with Crippen molar-refractivity contribution in [1.82, 2.24) is 15.5 Å². The maximum Gasteiger partial charge on any atom is 0.221 e. The van der Waals surface area contributed by atoms with E-state index in [4.69, 9.17) is 0 Å². The monoisotopic (exact) mass is 253 g/mol. The van der Waals surface area contributed by atoms with Gasteiger partial charge in [-0.05, 0) is 52.6 Å². The minimum absolute atomic E-state index is 0.213. The third-order valence-corrected chi connectivity index (χ3v) is 3.99. The lowest BCUT2D eigenvalue weighted by Gasteiger charge is -2.35. The quantitative estimate of drug-likeness (QED) is 0.745. The fourth-order valence-corrected chi connectivity index (χ4v) is 2.54. The number of hydrogen-bond donors (Lipinski definition) is 2. The highest BCUT2D eigenvalue weighted by Crippen LogP contribution is 2.18. The van der Waals surface area contributed by atoms with Crippen LogP contribution in [0.5, 0.6) is 0 Å². The highest BCUT2D eigenvalue weighted by atomic mass is 16.1. The fourth-order valence-electron chi connectivity index (χ4n) is 2.54. The smallest absolute Gasteiger partial charge is 0.221 e. The van der Waals surface area contributed by atoms with E-state index in [2.05, 4.69) is 29.4 Å². The number of carbonyl (C=O) groups excluding carboxylic acids is 1. The molecule has 1 amide bonds. The predicted molar refractivity (Wildman–Crippen MR) is 73.5 cm³/mol. The van der Waals surface area contributed by atoms with Crippen molar-refractivity contribution < 1.29 is 4.79 Å². The van der Waals surface area contributed by atoms with Crippen LogP contribution in [0.15, 0.2) is 0 Å². The molecule has 2 N–H and O–H groups in total. The lowest BCUT2D eigenvalue weighted by atomic mass is 10.0. The van der Waals surface area contributed by atoms with Gasteiger partial charge in [-0.25, -0.2) is 0 Å². The van der Waals surface area contributed by atoms with Gasteiger partial charge in [-0.2, -0.15) is 0 Å². The summed E-state index contributed by atoms with van der Waals surface area (Å²) in [6, 6.07) is 1.76. The Kier molecular flexibility index (Phi) is 5.01. The highest BCUT2D eigenvalue weighted by Gasteiger charge is 2.23.